The summed E-state index contributed by atoms with van der Waals surface area (Å²) in [5.41, 5.74) is 2.35. The zero-order chi connectivity index (χ0) is 19.8. The lowest BCUT2D eigenvalue weighted by Crippen LogP contribution is -2.41. The number of hydrogen-bond acceptors (Lipinski definition) is 4. The highest BCUT2D eigenvalue weighted by Crippen LogP contribution is 2.23. The van der Waals surface area contributed by atoms with Gasteiger partial charge in [0.05, 0.1) is 13.2 Å². The Morgan fingerprint density at radius 2 is 2.14 bits per heavy atom. The Hall–Kier alpha value is -1.79. The number of rotatable bonds is 8. The molecular formula is C22H36N4O2. The van der Waals surface area contributed by atoms with Crippen LogP contribution < -0.4 is 15.4 Å². The van der Waals surface area contributed by atoms with E-state index in [2.05, 4.69) is 52.6 Å². The van der Waals surface area contributed by atoms with Crippen LogP contribution in [-0.2, 0) is 11.3 Å². The van der Waals surface area contributed by atoms with Crippen LogP contribution in [0.4, 0.5) is 0 Å². The van der Waals surface area contributed by atoms with Crippen LogP contribution in [0.25, 0.3) is 0 Å². The number of aryl methyl sites for hydroxylation is 1. The molecule has 6 heteroatoms. The Labute approximate surface area is 169 Å². The summed E-state index contributed by atoms with van der Waals surface area (Å²) in [6, 6.07) is 6.38. The van der Waals surface area contributed by atoms with Crippen molar-refractivity contribution in [3.63, 3.8) is 0 Å². The van der Waals surface area contributed by atoms with Crippen molar-refractivity contribution in [1.82, 2.24) is 15.5 Å². The van der Waals surface area contributed by atoms with Crippen LogP contribution in [0.15, 0.2) is 23.2 Å². The number of hydrogen-bond donors (Lipinski definition) is 2. The molecule has 2 aliphatic heterocycles. The predicted molar refractivity (Wildman–Crippen MR) is 114 cm³/mol. The summed E-state index contributed by atoms with van der Waals surface area (Å²) >= 11 is 0. The minimum absolute atomic E-state index is 0.157. The van der Waals surface area contributed by atoms with Gasteiger partial charge in [0.1, 0.15) is 11.9 Å². The molecule has 2 fully saturated rings. The van der Waals surface area contributed by atoms with E-state index >= 15 is 0 Å². The van der Waals surface area contributed by atoms with Gasteiger partial charge in [-0.25, -0.2) is 0 Å². The van der Waals surface area contributed by atoms with Gasteiger partial charge >= 0.3 is 0 Å². The molecule has 0 aromatic heterocycles. The second-order valence-electron chi connectivity index (χ2n) is 8.13. The Kier molecular flexibility index (Phi) is 7.98. The van der Waals surface area contributed by atoms with Crippen LogP contribution in [0.2, 0.25) is 0 Å². The smallest absolute Gasteiger partial charge is 0.191 e. The second kappa shape index (κ2) is 10.7. The molecule has 2 N–H and O–H groups in total. The molecule has 0 aliphatic carbocycles. The van der Waals surface area contributed by atoms with Gasteiger partial charge in [-0.15, -0.1) is 0 Å². The number of likely N-dealkylation sites (tertiary alicyclic amines) is 1. The van der Waals surface area contributed by atoms with Crippen molar-refractivity contribution in [2.24, 2.45) is 10.9 Å². The molecule has 1 aromatic carbocycles. The molecule has 0 radical (unpaired) electrons. The summed E-state index contributed by atoms with van der Waals surface area (Å²) in [6.07, 6.45) is 3.80. The van der Waals surface area contributed by atoms with Crippen LogP contribution in [-0.4, -0.2) is 63.4 Å². The molecule has 3 rings (SSSR count). The molecule has 0 amide bonds. The highest BCUT2D eigenvalue weighted by Gasteiger charge is 2.19. The maximum atomic E-state index is 6.19. The monoisotopic (exact) mass is 388 g/mol. The lowest BCUT2D eigenvalue weighted by molar-refractivity contribution is 0.140. The van der Waals surface area contributed by atoms with Gasteiger partial charge in [0.25, 0.3) is 0 Å². The van der Waals surface area contributed by atoms with Crippen molar-refractivity contribution in [2.45, 2.75) is 45.8 Å². The van der Waals surface area contributed by atoms with Crippen molar-refractivity contribution < 1.29 is 9.47 Å². The summed E-state index contributed by atoms with van der Waals surface area (Å²) < 4.78 is 11.6. The fourth-order valence-electron chi connectivity index (χ4n) is 3.84. The topological polar surface area (TPSA) is 58.1 Å². The molecule has 0 spiro atoms. The zero-order valence-corrected chi connectivity index (χ0v) is 17.7. The van der Waals surface area contributed by atoms with Gasteiger partial charge in [-0.05, 0) is 50.4 Å². The molecular weight excluding hydrogens is 352 g/mol. The van der Waals surface area contributed by atoms with Crippen molar-refractivity contribution in [2.75, 3.05) is 46.4 Å². The molecule has 2 aliphatic rings. The Balaban J connectivity index is 1.48. The van der Waals surface area contributed by atoms with Crippen molar-refractivity contribution in [3.05, 3.63) is 29.3 Å². The quantitative estimate of drug-likeness (QED) is 0.529. The lowest BCUT2D eigenvalue weighted by Gasteiger charge is -2.22. The third-order valence-electron chi connectivity index (χ3n) is 5.46. The van der Waals surface area contributed by atoms with Crippen LogP contribution >= 0.6 is 0 Å². The molecule has 0 bridgehead atoms. The zero-order valence-electron chi connectivity index (χ0n) is 17.7. The van der Waals surface area contributed by atoms with Crippen molar-refractivity contribution in [1.29, 1.82) is 0 Å². The minimum atomic E-state index is 0.157. The Morgan fingerprint density at radius 1 is 1.32 bits per heavy atom. The van der Waals surface area contributed by atoms with Gasteiger partial charge in [0, 0.05) is 38.7 Å². The first-order valence-corrected chi connectivity index (χ1v) is 10.6. The van der Waals surface area contributed by atoms with E-state index in [0.29, 0.717) is 19.1 Å². The molecule has 28 heavy (non-hydrogen) atoms. The molecule has 0 saturated carbocycles. The summed E-state index contributed by atoms with van der Waals surface area (Å²) in [6.45, 7) is 11.1. The van der Waals surface area contributed by atoms with Gasteiger partial charge in [0.15, 0.2) is 5.96 Å². The first-order valence-electron chi connectivity index (χ1n) is 10.6. The van der Waals surface area contributed by atoms with Gasteiger partial charge in [0.2, 0.25) is 0 Å². The minimum Gasteiger partial charge on any atom is -0.488 e. The number of nitrogens with one attached hydrogen (secondary N) is 2. The molecule has 2 saturated heterocycles. The number of nitrogens with zero attached hydrogens (tertiary/aromatic N) is 2. The fraction of sp³-hybridized carbons (Fsp3) is 0.682. The van der Waals surface area contributed by atoms with Crippen molar-refractivity contribution >= 4 is 5.96 Å². The molecule has 2 unspecified atom stereocenters. The van der Waals surface area contributed by atoms with Gasteiger partial charge < -0.3 is 25.0 Å². The first-order chi connectivity index (χ1) is 13.6. The number of aliphatic imine (C=N–C) groups is 1. The normalized spacial score (nSPS) is 21.7. The van der Waals surface area contributed by atoms with Gasteiger partial charge in [-0.2, -0.15) is 0 Å². The van der Waals surface area contributed by atoms with E-state index in [9.17, 15) is 0 Å². The molecule has 2 atom stereocenters. The number of benzene rings is 1. The van der Waals surface area contributed by atoms with Crippen LogP contribution in [0.1, 0.15) is 37.3 Å². The molecule has 6 nitrogen and oxygen atoms in total. The second-order valence-corrected chi connectivity index (χ2v) is 8.13. The molecule has 1 aromatic rings. The first kappa shape index (κ1) is 20.9. The molecule has 156 valence electrons. The third-order valence-corrected chi connectivity index (χ3v) is 5.46. The lowest BCUT2D eigenvalue weighted by atomic mass is 10.1. The average molecular weight is 389 g/mol. The maximum absolute atomic E-state index is 6.19. The van der Waals surface area contributed by atoms with E-state index in [4.69, 9.17) is 9.47 Å². The molecule has 2 heterocycles. The Morgan fingerprint density at radius 3 is 2.86 bits per heavy atom. The van der Waals surface area contributed by atoms with E-state index < -0.39 is 0 Å². The highest BCUT2D eigenvalue weighted by molar-refractivity contribution is 5.79. The van der Waals surface area contributed by atoms with Crippen LogP contribution in [0.5, 0.6) is 5.75 Å². The van der Waals surface area contributed by atoms with E-state index in [1.165, 1.54) is 31.5 Å². The van der Waals surface area contributed by atoms with Crippen LogP contribution in [0.3, 0.4) is 0 Å². The van der Waals surface area contributed by atoms with Crippen molar-refractivity contribution in [3.8, 4) is 5.75 Å². The maximum Gasteiger partial charge on any atom is 0.191 e. The third kappa shape index (κ3) is 6.38. The summed E-state index contributed by atoms with van der Waals surface area (Å²) in [5, 5.41) is 6.90. The summed E-state index contributed by atoms with van der Waals surface area (Å²) in [4.78, 5) is 6.94. The number of ether oxygens (including phenoxy) is 2. The van der Waals surface area contributed by atoms with E-state index in [1.807, 2.05) is 7.05 Å². The fourth-order valence-corrected chi connectivity index (χ4v) is 3.84. The average Bonchev–Trinajstić information content (AvgIpc) is 3.37. The van der Waals surface area contributed by atoms with Gasteiger partial charge in [-0.1, -0.05) is 19.1 Å². The Bertz CT molecular complexity index is 637. The van der Waals surface area contributed by atoms with Gasteiger partial charge in [-0.3, -0.25) is 4.99 Å². The van der Waals surface area contributed by atoms with E-state index in [1.54, 1.807) is 0 Å². The van der Waals surface area contributed by atoms with Crippen LogP contribution in [0, 0.1) is 12.8 Å². The SMILES string of the molecule is CN=C(NCc1ccc(C)cc1OC1CCOC1)NCC(C)CN1CCCC1. The summed E-state index contributed by atoms with van der Waals surface area (Å²) in [5.74, 6) is 2.38. The van der Waals surface area contributed by atoms with E-state index in [-0.39, 0.29) is 6.10 Å². The highest BCUT2D eigenvalue weighted by atomic mass is 16.5. The predicted octanol–water partition coefficient (Wildman–Crippen LogP) is 2.56. The largest absolute Gasteiger partial charge is 0.488 e. The number of guanidine groups is 1. The standard InChI is InChI=1S/C22H36N4O2/c1-17-6-7-19(21(12-17)28-20-8-11-27-16-20)14-25-22(23-3)24-13-18(2)15-26-9-4-5-10-26/h6-7,12,18,20H,4-5,8-11,13-16H2,1-3H3,(H2,23,24,25). The summed E-state index contributed by atoms with van der Waals surface area (Å²) in [7, 11) is 1.82. The van der Waals surface area contributed by atoms with E-state index in [0.717, 1.165) is 43.4 Å².